The summed E-state index contributed by atoms with van der Waals surface area (Å²) in [5.74, 6) is 1.15. The summed E-state index contributed by atoms with van der Waals surface area (Å²) in [5, 5.41) is 16.6. The van der Waals surface area contributed by atoms with Crippen LogP contribution in [0.1, 0.15) is 42.6 Å². The van der Waals surface area contributed by atoms with Gasteiger partial charge in [0.05, 0.1) is 5.69 Å². The van der Waals surface area contributed by atoms with Crippen LogP contribution < -0.4 is 5.56 Å². The highest BCUT2D eigenvalue weighted by Gasteiger charge is 2.23. The zero-order chi connectivity index (χ0) is 19.6. The molecule has 8 heteroatoms. The lowest BCUT2D eigenvalue weighted by Crippen LogP contribution is -2.36. The van der Waals surface area contributed by atoms with Gasteiger partial charge in [-0.25, -0.2) is 9.36 Å². The molecule has 0 radical (unpaired) electrons. The Balaban J connectivity index is 1.20. The monoisotopic (exact) mass is 393 g/mol. The number of fused-ring (bicyclic) bond motifs is 1. The van der Waals surface area contributed by atoms with Crippen LogP contribution in [0.25, 0.3) is 5.82 Å². The van der Waals surface area contributed by atoms with E-state index in [4.69, 9.17) is 0 Å². The highest BCUT2D eigenvalue weighted by molar-refractivity contribution is 5.27. The van der Waals surface area contributed by atoms with Crippen molar-refractivity contribution in [1.29, 1.82) is 0 Å². The third-order valence-electron chi connectivity index (χ3n) is 6.25. The van der Waals surface area contributed by atoms with Gasteiger partial charge in [0.2, 0.25) is 0 Å². The maximum Gasteiger partial charge on any atom is 0.266 e. The average Bonchev–Trinajstić information content (AvgIpc) is 3.42. The van der Waals surface area contributed by atoms with Gasteiger partial charge in [0.25, 0.3) is 5.56 Å². The number of piperidine rings is 1. The summed E-state index contributed by atoms with van der Waals surface area (Å²) >= 11 is 0. The number of aryl methyl sites for hydroxylation is 1. The number of nitrogens with one attached hydrogen (secondary N) is 1. The summed E-state index contributed by atoms with van der Waals surface area (Å²) in [6.07, 6.45) is 10.6. The minimum atomic E-state index is -0.0495. The molecule has 1 saturated heterocycles. The van der Waals surface area contributed by atoms with Crippen molar-refractivity contribution in [2.45, 2.75) is 51.6 Å². The van der Waals surface area contributed by atoms with Crippen molar-refractivity contribution < 1.29 is 0 Å². The van der Waals surface area contributed by atoms with Gasteiger partial charge in [-0.1, -0.05) is 0 Å². The maximum absolute atomic E-state index is 12.3. The average molecular weight is 393 g/mol. The van der Waals surface area contributed by atoms with Crippen molar-refractivity contribution >= 4 is 0 Å². The molecule has 29 heavy (non-hydrogen) atoms. The second-order valence-corrected chi connectivity index (χ2v) is 8.22. The van der Waals surface area contributed by atoms with Gasteiger partial charge in [-0.3, -0.25) is 14.8 Å². The molecular formula is C21H27N7O. The van der Waals surface area contributed by atoms with E-state index in [0.29, 0.717) is 18.3 Å². The second kappa shape index (κ2) is 7.94. The molecule has 0 unspecified atom stereocenters. The summed E-state index contributed by atoms with van der Waals surface area (Å²) in [4.78, 5) is 14.8. The molecule has 2 aliphatic rings. The van der Waals surface area contributed by atoms with Crippen LogP contribution >= 0.6 is 0 Å². The lowest BCUT2D eigenvalue weighted by molar-refractivity contribution is 0.161. The Morgan fingerprint density at radius 1 is 1.14 bits per heavy atom. The van der Waals surface area contributed by atoms with E-state index in [9.17, 15) is 4.79 Å². The first kappa shape index (κ1) is 18.3. The lowest BCUT2D eigenvalue weighted by Gasteiger charge is -2.31. The molecule has 8 nitrogen and oxygen atoms in total. The lowest BCUT2D eigenvalue weighted by atomic mass is 9.94. The number of rotatable bonds is 5. The van der Waals surface area contributed by atoms with Gasteiger partial charge in [0.1, 0.15) is 0 Å². The van der Waals surface area contributed by atoms with Crippen LogP contribution in [0, 0.1) is 5.92 Å². The SMILES string of the molecule is O=c1ccc(-n2cccn2)nn1CC1CCN(Cc2n[nH]c3c2CCCC3)CC1. The molecule has 1 fully saturated rings. The predicted molar refractivity (Wildman–Crippen MR) is 109 cm³/mol. The van der Waals surface area contributed by atoms with E-state index in [1.807, 2.05) is 12.3 Å². The maximum atomic E-state index is 12.3. The van der Waals surface area contributed by atoms with E-state index in [2.05, 4.69) is 25.3 Å². The number of aromatic amines is 1. The fourth-order valence-electron chi connectivity index (χ4n) is 4.56. The third-order valence-corrected chi connectivity index (χ3v) is 6.25. The number of likely N-dealkylation sites (tertiary alicyclic amines) is 1. The molecule has 3 aromatic heterocycles. The largest absolute Gasteiger partial charge is 0.297 e. The van der Waals surface area contributed by atoms with Crippen LogP contribution in [0.4, 0.5) is 0 Å². The number of hydrogen-bond acceptors (Lipinski definition) is 5. The van der Waals surface area contributed by atoms with E-state index in [1.165, 1.54) is 36.2 Å². The van der Waals surface area contributed by atoms with Gasteiger partial charge in [0, 0.05) is 37.2 Å². The van der Waals surface area contributed by atoms with E-state index in [1.54, 1.807) is 27.7 Å². The first-order valence-electron chi connectivity index (χ1n) is 10.6. The van der Waals surface area contributed by atoms with E-state index < -0.39 is 0 Å². The standard InChI is InChI=1S/C21H27N7O/c29-21-7-6-20(27-11-3-10-22-27)25-28(21)14-16-8-12-26(13-9-16)15-19-17-4-1-2-5-18(17)23-24-19/h3,6-7,10-11,16H,1-2,4-5,8-9,12-15H2,(H,23,24). The Morgan fingerprint density at radius 3 is 2.83 bits per heavy atom. The zero-order valence-corrected chi connectivity index (χ0v) is 16.6. The van der Waals surface area contributed by atoms with Crippen LogP contribution in [-0.2, 0) is 25.9 Å². The van der Waals surface area contributed by atoms with Gasteiger partial charge in [-0.2, -0.15) is 10.2 Å². The summed E-state index contributed by atoms with van der Waals surface area (Å²) in [6, 6.07) is 5.15. The molecule has 0 saturated carbocycles. The van der Waals surface area contributed by atoms with Gasteiger partial charge in [-0.05, 0) is 75.2 Å². The van der Waals surface area contributed by atoms with E-state index >= 15 is 0 Å². The van der Waals surface area contributed by atoms with Gasteiger partial charge in [-0.15, -0.1) is 5.10 Å². The minimum absolute atomic E-state index is 0.0495. The fourth-order valence-corrected chi connectivity index (χ4v) is 4.56. The summed E-state index contributed by atoms with van der Waals surface area (Å²) in [7, 11) is 0. The van der Waals surface area contributed by atoms with Crippen LogP contribution in [0.5, 0.6) is 0 Å². The van der Waals surface area contributed by atoms with Crippen molar-refractivity contribution in [3.8, 4) is 5.82 Å². The normalized spacial score (nSPS) is 18.1. The van der Waals surface area contributed by atoms with Gasteiger partial charge >= 0.3 is 0 Å². The molecule has 152 valence electrons. The molecule has 0 spiro atoms. The fraction of sp³-hybridized carbons (Fsp3) is 0.524. The smallest absolute Gasteiger partial charge is 0.266 e. The first-order valence-corrected chi connectivity index (χ1v) is 10.6. The van der Waals surface area contributed by atoms with Crippen LogP contribution in [0.3, 0.4) is 0 Å². The Morgan fingerprint density at radius 2 is 2.00 bits per heavy atom. The highest BCUT2D eigenvalue weighted by Crippen LogP contribution is 2.25. The van der Waals surface area contributed by atoms with Crippen LogP contribution in [-0.4, -0.2) is 47.7 Å². The highest BCUT2D eigenvalue weighted by atomic mass is 16.1. The Hall–Kier alpha value is -2.74. The van der Waals surface area contributed by atoms with Gasteiger partial charge < -0.3 is 0 Å². The Labute approximate surface area is 169 Å². The number of aromatic nitrogens is 6. The van der Waals surface area contributed by atoms with E-state index in [-0.39, 0.29) is 5.56 Å². The summed E-state index contributed by atoms with van der Waals surface area (Å²) < 4.78 is 3.28. The topological polar surface area (TPSA) is 84.6 Å². The zero-order valence-electron chi connectivity index (χ0n) is 16.6. The molecule has 0 bridgehead atoms. The van der Waals surface area contributed by atoms with E-state index in [0.717, 1.165) is 38.9 Å². The number of hydrogen-bond donors (Lipinski definition) is 1. The molecule has 0 aromatic carbocycles. The number of H-pyrrole nitrogens is 1. The minimum Gasteiger partial charge on any atom is -0.297 e. The molecule has 0 atom stereocenters. The molecule has 1 N–H and O–H groups in total. The Bertz CT molecular complexity index is 1010. The molecule has 0 amide bonds. The number of nitrogens with zero attached hydrogens (tertiary/aromatic N) is 6. The van der Waals surface area contributed by atoms with Crippen molar-refractivity contribution in [1.82, 2.24) is 34.7 Å². The van der Waals surface area contributed by atoms with Gasteiger partial charge in [0.15, 0.2) is 5.82 Å². The Kier molecular flexibility index (Phi) is 5.01. The molecule has 3 aromatic rings. The van der Waals surface area contributed by atoms with Crippen LogP contribution in [0.15, 0.2) is 35.4 Å². The molecule has 4 heterocycles. The molecule has 1 aliphatic heterocycles. The second-order valence-electron chi connectivity index (χ2n) is 8.22. The quantitative estimate of drug-likeness (QED) is 0.716. The summed E-state index contributed by atoms with van der Waals surface area (Å²) in [6.45, 7) is 3.69. The predicted octanol–water partition coefficient (Wildman–Crippen LogP) is 1.94. The van der Waals surface area contributed by atoms with Crippen molar-refractivity contribution in [3.63, 3.8) is 0 Å². The molecular weight excluding hydrogens is 366 g/mol. The van der Waals surface area contributed by atoms with Crippen molar-refractivity contribution in [3.05, 3.63) is 57.9 Å². The summed E-state index contributed by atoms with van der Waals surface area (Å²) in [5.41, 5.74) is 4.00. The first-order chi connectivity index (χ1) is 14.3. The molecule has 1 aliphatic carbocycles. The van der Waals surface area contributed by atoms with Crippen LogP contribution in [0.2, 0.25) is 0 Å². The third kappa shape index (κ3) is 3.89. The molecule has 5 rings (SSSR count). The van der Waals surface area contributed by atoms with Crippen molar-refractivity contribution in [2.75, 3.05) is 13.1 Å². The van der Waals surface area contributed by atoms with Crippen molar-refractivity contribution in [2.24, 2.45) is 5.92 Å².